The molecule has 0 rings (SSSR count). The van der Waals surface area contributed by atoms with Crippen molar-refractivity contribution in [2.75, 3.05) is 6.61 Å². The summed E-state index contributed by atoms with van der Waals surface area (Å²) in [6.45, 7) is 8.39. The lowest BCUT2D eigenvalue weighted by molar-refractivity contribution is -0.138. The van der Waals surface area contributed by atoms with E-state index in [9.17, 15) is 4.79 Å². The van der Waals surface area contributed by atoms with Crippen LogP contribution in [0.3, 0.4) is 0 Å². The van der Waals surface area contributed by atoms with Gasteiger partial charge in [0.1, 0.15) is 0 Å². The summed E-state index contributed by atoms with van der Waals surface area (Å²) in [5.74, 6) is -0.897. The van der Waals surface area contributed by atoms with Crippen LogP contribution in [0.1, 0.15) is 6.92 Å². The van der Waals surface area contributed by atoms with Gasteiger partial charge in [-0.25, -0.2) is 4.85 Å². The molecule has 2 N–H and O–H groups in total. The number of carbonyl (C=O) groups excluding carboxylic acids is 1. The zero-order chi connectivity index (χ0) is 11.4. The van der Waals surface area contributed by atoms with Crippen molar-refractivity contribution in [3.63, 3.8) is 0 Å². The molecule has 0 saturated heterocycles. The Morgan fingerprint density at radius 1 is 1.57 bits per heavy atom. The van der Waals surface area contributed by atoms with Crippen molar-refractivity contribution in [3.8, 4) is 0 Å². The topological polar surface area (TPSA) is 56.7 Å². The molecule has 0 bridgehead atoms. The van der Waals surface area contributed by atoms with E-state index in [1.165, 1.54) is 0 Å². The van der Waals surface area contributed by atoms with Gasteiger partial charge < -0.3 is 10.5 Å². The highest BCUT2D eigenvalue weighted by atomic mass is 35.6. The van der Waals surface area contributed by atoms with Crippen LogP contribution in [0.2, 0.25) is 0 Å². The van der Waals surface area contributed by atoms with Crippen LogP contribution in [0.15, 0.2) is 11.4 Å². The lowest BCUT2D eigenvalue weighted by Gasteiger charge is -2.12. The fourth-order valence-electron chi connectivity index (χ4n) is 0.550. The molecule has 0 aliphatic heterocycles. The maximum Gasteiger partial charge on any atom is 0.338 e. The third kappa shape index (κ3) is 3.62. The molecule has 0 aromatic rings. The average Bonchev–Trinajstić information content (AvgIpc) is 2.04. The number of carbonyl (C=O) groups is 1. The average molecular weight is 258 g/mol. The van der Waals surface area contributed by atoms with E-state index in [1.54, 1.807) is 6.92 Å². The highest BCUT2D eigenvalue weighted by Crippen LogP contribution is 2.33. The maximum atomic E-state index is 11.1. The second-order valence-corrected chi connectivity index (χ2v) is 4.37. The molecule has 0 aliphatic carbocycles. The second kappa shape index (κ2) is 5.30. The summed E-state index contributed by atoms with van der Waals surface area (Å²) in [5, 5.41) is 0. The largest absolute Gasteiger partial charge is 0.471 e. The van der Waals surface area contributed by atoms with Crippen molar-refractivity contribution in [2.45, 2.75) is 10.7 Å². The molecular formula is C7H7Cl3N2O2. The minimum atomic E-state index is -1.98. The minimum Gasteiger partial charge on any atom is -0.471 e. The monoisotopic (exact) mass is 256 g/mol. The highest BCUT2D eigenvalue weighted by molar-refractivity contribution is 6.69. The van der Waals surface area contributed by atoms with Crippen molar-refractivity contribution in [1.82, 2.24) is 0 Å². The molecule has 0 radical (unpaired) electrons. The van der Waals surface area contributed by atoms with E-state index in [2.05, 4.69) is 9.58 Å². The summed E-state index contributed by atoms with van der Waals surface area (Å²) < 4.78 is 2.57. The van der Waals surface area contributed by atoms with Crippen LogP contribution in [-0.4, -0.2) is 16.4 Å². The van der Waals surface area contributed by atoms with E-state index in [-0.39, 0.29) is 6.61 Å². The van der Waals surface area contributed by atoms with Crippen molar-refractivity contribution < 1.29 is 9.53 Å². The number of alkyl halides is 3. The lowest BCUT2D eigenvalue weighted by Crippen LogP contribution is -2.21. The molecule has 14 heavy (non-hydrogen) atoms. The third-order valence-electron chi connectivity index (χ3n) is 1.14. The molecular weight excluding hydrogens is 250 g/mol. The summed E-state index contributed by atoms with van der Waals surface area (Å²) in [5.41, 5.74) is 4.36. The van der Waals surface area contributed by atoms with Gasteiger partial charge in [0.15, 0.2) is 0 Å². The van der Waals surface area contributed by atoms with Crippen molar-refractivity contribution in [3.05, 3.63) is 22.8 Å². The molecule has 0 heterocycles. The minimum absolute atomic E-state index is 0.116. The van der Waals surface area contributed by atoms with Crippen LogP contribution in [0.4, 0.5) is 0 Å². The van der Waals surface area contributed by atoms with Crippen LogP contribution in [-0.2, 0) is 9.53 Å². The van der Waals surface area contributed by atoms with Gasteiger partial charge >= 0.3 is 5.97 Å². The first-order valence-corrected chi connectivity index (χ1v) is 4.59. The predicted molar refractivity (Wildman–Crippen MR) is 54.7 cm³/mol. The van der Waals surface area contributed by atoms with Crippen LogP contribution >= 0.6 is 34.8 Å². The third-order valence-corrected chi connectivity index (χ3v) is 1.75. The fourth-order valence-corrected chi connectivity index (χ4v) is 0.818. The predicted octanol–water partition coefficient (Wildman–Crippen LogP) is 2.01. The van der Waals surface area contributed by atoms with Crippen molar-refractivity contribution in [2.24, 2.45) is 5.73 Å². The fraction of sp³-hybridized carbons (Fsp3) is 0.429. The van der Waals surface area contributed by atoms with Crippen LogP contribution in [0.25, 0.3) is 4.85 Å². The van der Waals surface area contributed by atoms with E-state index in [1.807, 2.05) is 0 Å². The molecule has 0 amide bonds. The van der Waals surface area contributed by atoms with Gasteiger partial charge in [0.05, 0.1) is 18.9 Å². The first kappa shape index (κ1) is 13.4. The SMILES string of the molecule is [C-]#[N+]/C(C(=O)OCC)=C(/N)C(Cl)(Cl)Cl. The number of ether oxygens (including phenoxy) is 1. The number of nitrogens with zero attached hydrogens (tertiary/aromatic N) is 1. The number of hydrogen-bond acceptors (Lipinski definition) is 3. The molecule has 0 aliphatic rings. The lowest BCUT2D eigenvalue weighted by atomic mass is 10.3. The quantitative estimate of drug-likeness (QED) is 0.356. The Bertz CT molecular complexity index is 301. The van der Waals surface area contributed by atoms with Crippen LogP contribution in [0, 0.1) is 6.57 Å². The molecule has 0 aromatic heterocycles. The van der Waals surface area contributed by atoms with Crippen molar-refractivity contribution >= 4 is 40.8 Å². The van der Waals surface area contributed by atoms with Gasteiger partial charge in [0.2, 0.25) is 3.79 Å². The molecule has 0 aromatic carbocycles. The number of esters is 1. The standard InChI is InChI=1S/C7H7Cl3N2O2/c1-3-14-6(13)4(12-2)5(11)7(8,9)10/h3,11H2,1H3/b5-4+. The second-order valence-electron chi connectivity index (χ2n) is 2.09. The summed E-state index contributed by atoms with van der Waals surface area (Å²) >= 11 is 16.2. The summed E-state index contributed by atoms with van der Waals surface area (Å²) in [6, 6.07) is 0. The smallest absolute Gasteiger partial charge is 0.338 e. The van der Waals surface area contributed by atoms with E-state index >= 15 is 0 Å². The van der Waals surface area contributed by atoms with Crippen molar-refractivity contribution in [1.29, 1.82) is 0 Å². The number of allylic oxidation sites excluding steroid dienone is 1. The van der Waals surface area contributed by atoms with Gasteiger partial charge in [-0.05, 0) is 6.92 Å². The Hall–Kier alpha value is -0.630. The maximum absolute atomic E-state index is 11.1. The Morgan fingerprint density at radius 3 is 2.36 bits per heavy atom. The van der Waals surface area contributed by atoms with Gasteiger partial charge in [-0.15, -0.1) is 0 Å². The normalized spacial score (nSPS) is 12.8. The number of hydrogen-bond donors (Lipinski definition) is 1. The molecule has 0 atom stereocenters. The van der Waals surface area contributed by atoms with Crippen LogP contribution in [0.5, 0.6) is 0 Å². The highest BCUT2D eigenvalue weighted by Gasteiger charge is 2.30. The van der Waals surface area contributed by atoms with E-state index in [4.69, 9.17) is 47.1 Å². The van der Waals surface area contributed by atoms with Gasteiger partial charge in [-0.2, -0.15) is 0 Å². The Kier molecular flexibility index (Phi) is 5.06. The number of halogens is 3. The molecule has 78 valence electrons. The van der Waals surface area contributed by atoms with E-state index in [0.29, 0.717) is 0 Å². The van der Waals surface area contributed by atoms with Crippen LogP contribution < -0.4 is 5.73 Å². The molecule has 0 unspecified atom stereocenters. The summed E-state index contributed by atoms with van der Waals surface area (Å²) in [4.78, 5) is 14.0. The number of nitrogens with two attached hydrogens (primary N) is 1. The molecule has 4 nitrogen and oxygen atoms in total. The molecule has 0 fully saturated rings. The zero-order valence-corrected chi connectivity index (χ0v) is 9.45. The Balaban J connectivity index is 5.08. The van der Waals surface area contributed by atoms with Gasteiger partial charge in [0, 0.05) is 0 Å². The molecule has 0 spiro atoms. The number of rotatable bonds is 2. The molecule has 0 saturated carbocycles. The first-order chi connectivity index (χ1) is 6.34. The Morgan fingerprint density at radius 2 is 2.07 bits per heavy atom. The summed E-state index contributed by atoms with van der Waals surface area (Å²) in [7, 11) is 0. The van der Waals surface area contributed by atoms with Gasteiger partial charge in [-0.3, -0.25) is 4.79 Å². The zero-order valence-electron chi connectivity index (χ0n) is 7.18. The van der Waals surface area contributed by atoms with Gasteiger partial charge in [-0.1, -0.05) is 34.8 Å². The van der Waals surface area contributed by atoms with E-state index in [0.717, 1.165) is 0 Å². The van der Waals surface area contributed by atoms with Gasteiger partial charge in [0.25, 0.3) is 5.70 Å². The van der Waals surface area contributed by atoms with E-state index < -0.39 is 21.2 Å². The summed E-state index contributed by atoms with van der Waals surface area (Å²) in [6.07, 6.45) is 0. The molecule has 7 heteroatoms. The first-order valence-electron chi connectivity index (χ1n) is 3.46. The Labute approximate surface area is 96.4 Å².